The Balaban J connectivity index is 1.24. The summed E-state index contributed by atoms with van der Waals surface area (Å²) in [6.07, 6.45) is 9.07. The third-order valence-corrected chi connectivity index (χ3v) is 9.23. The molecular formula is C33H32Cl2N8O3. The van der Waals surface area contributed by atoms with E-state index in [1.807, 2.05) is 28.8 Å². The number of nitrogens with one attached hydrogen (secondary N) is 2. The van der Waals surface area contributed by atoms with Gasteiger partial charge in [0, 0.05) is 79.1 Å². The SMILES string of the molecule is C=CC(=O)Nc1cc(N2CCN(C3CC3)CC2)ccc1Nc1ncc2cc(-c3c(Cl)c(OC)cc(OC)c3Cl)c3nccn3c2n1. The largest absolute Gasteiger partial charge is 0.495 e. The summed E-state index contributed by atoms with van der Waals surface area (Å²) in [7, 11) is 3.06. The number of hydrogen-bond acceptors (Lipinski definition) is 9. The van der Waals surface area contributed by atoms with Crippen LogP contribution in [0.15, 0.2) is 61.6 Å². The number of fused-ring (bicyclic) bond motifs is 3. The first kappa shape index (κ1) is 30.1. The zero-order valence-corrected chi connectivity index (χ0v) is 26.9. The molecule has 0 bridgehead atoms. The quantitative estimate of drug-likeness (QED) is 0.173. The number of carbonyl (C=O) groups is 1. The predicted octanol–water partition coefficient (Wildman–Crippen LogP) is 6.42. The Bertz CT molecular complexity index is 1960. The lowest BCUT2D eigenvalue weighted by Gasteiger charge is -2.36. The minimum atomic E-state index is -0.308. The monoisotopic (exact) mass is 658 g/mol. The van der Waals surface area contributed by atoms with Crippen LogP contribution in [0, 0.1) is 0 Å². The fourth-order valence-electron chi connectivity index (χ4n) is 5.97. The number of ether oxygens (including phenoxy) is 2. The van der Waals surface area contributed by atoms with Crippen LogP contribution in [-0.4, -0.2) is 76.6 Å². The Morgan fingerprint density at radius 3 is 2.39 bits per heavy atom. The Morgan fingerprint density at radius 2 is 1.72 bits per heavy atom. The van der Waals surface area contributed by atoms with E-state index >= 15 is 0 Å². The molecule has 11 nitrogen and oxygen atoms in total. The topological polar surface area (TPSA) is 109 Å². The van der Waals surface area contributed by atoms with Gasteiger partial charge in [0.2, 0.25) is 11.9 Å². The second-order valence-corrected chi connectivity index (χ2v) is 12.0. The van der Waals surface area contributed by atoms with Crippen LogP contribution in [0.2, 0.25) is 10.0 Å². The number of methoxy groups -OCH3 is 2. The summed E-state index contributed by atoms with van der Waals surface area (Å²) >= 11 is 13.5. The van der Waals surface area contributed by atoms with Crippen molar-refractivity contribution in [2.75, 3.05) is 55.9 Å². The number of halogens is 2. The van der Waals surface area contributed by atoms with Gasteiger partial charge < -0.3 is 25.0 Å². The predicted molar refractivity (Wildman–Crippen MR) is 182 cm³/mol. The van der Waals surface area contributed by atoms with Crippen LogP contribution in [-0.2, 0) is 4.79 Å². The first-order valence-electron chi connectivity index (χ1n) is 14.9. The maximum Gasteiger partial charge on any atom is 0.247 e. The fraction of sp³-hybridized carbons (Fsp3) is 0.273. The molecule has 0 unspecified atom stereocenters. The highest BCUT2D eigenvalue weighted by Crippen LogP contribution is 2.47. The smallest absolute Gasteiger partial charge is 0.247 e. The van der Waals surface area contributed by atoms with Gasteiger partial charge in [0.25, 0.3) is 0 Å². The van der Waals surface area contributed by atoms with Crippen LogP contribution in [0.3, 0.4) is 0 Å². The second kappa shape index (κ2) is 12.3. The lowest BCUT2D eigenvalue weighted by molar-refractivity contribution is -0.111. The van der Waals surface area contributed by atoms with Crippen LogP contribution in [0.5, 0.6) is 11.5 Å². The van der Waals surface area contributed by atoms with Gasteiger partial charge in [-0.3, -0.25) is 14.1 Å². The van der Waals surface area contributed by atoms with Crippen LogP contribution < -0.4 is 25.0 Å². The number of carbonyl (C=O) groups excluding carboxylic acids is 1. The van der Waals surface area contributed by atoms with Crippen LogP contribution in [0.1, 0.15) is 12.8 Å². The van der Waals surface area contributed by atoms with Gasteiger partial charge in [-0.1, -0.05) is 29.8 Å². The molecule has 3 aromatic heterocycles. The van der Waals surface area contributed by atoms with Crippen molar-refractivity contribution in [3.63, 3.8) is 0 Å². The van der Waals surface area contributed by atoms with E-state index in [2.05, 4.69) is 43.0 Å². The second-order valence-electron chi connectivity index (χ2n) is 11.2. The summed E-state index contributed by atoms with van der Waals surface area (Å²) in [6.45, 7) is 7.57. The molecule has 1 amide bonds. The van der Waals surface area contributed by atoms with Gasteiger partial charge in [0.15, 0.2) is 5.65 Å². The van der Waals surface area contributed by atoms with E-state index < -0.39 is 0 Å². The molecular weight excluding hydrogens is 627 g/mol. The normalized spacial score (nSPS) is 15.3. The molecule has 2 fully saturated rings. The Kier molecular flexibility index (Phi) is 8.06. The summed E-state index contributed by atoms with van der Waals surface area (Å²) in [6, 6.07) is 10.3. The summed E-state index contributed by atoms with van der Waals surface area (Å²) in [5.74, 6) is 0.875. The van der Waals surface area contributed by atoms with Gasteiger partial charge in [0.05, 0.1) is 35.6 Å². The van der Waals surface area contributed by atoms with Crippen molar-refractivity contribution in [1.29, 1.82) is 0 Å². The van der Waals surface area contributed by atoms with E-state index in [9.17, 15) is 4.79 Å². The molecule has 7 rings (SSSR count). The molecule has 1 aliphatic heterocycles. The first-order chi connectivity index (χ1) is 22.4. The van der Waals surface area contributed by atoms with Crippen molar-refractivity contribution in [3.8, 4) is 22.6 Å². The van der Waals surface area contributed by atoms with E-state index in [-0.39, 0.29) is 5.91 Å². The van der Waals surface area contributed by atoms with Crippen molar-refractivity contribution in [3.05, 3.63) is 71.6 Å². The van der Waals surface area contributed by atoms with Gasteiger partial charge in [-0.25, -0.2) is 9.97 Å². The number of anilines is 4. The molecule has 0 spiro atoms. The van der Waals surface area contributed by atoms with Crippen molar-refractivity contribution in [2.24, 2.45) is 0 Å². The van der Waals surface area contributed by atoms with E-state index in [0.717, 1.165) is 43.3 Å². The van der Waals surface area contributed by atoms with E-state index in [1.54, 1.807) is 18.5 Å². The first-order valence-corrected chi connectivity index (χ1v) is 15.7. The Labute approximate surface area is 275 Å². The van der Waals surface area contributed by atoms with E-state index in [4.69, 9.17) is 37.7 Å². The summed E-state index contributed by atoms with van der Waals surface area (Å²) in [5.41, 5.74) is 4.68. The average Bonchev–Trinajstić information content (AvgIpc) is 3.81. The third-order valence-electron chi connectivity index (χ3n) is 8.48. The van der Waals surface area contributed by atoms with Crippen molar-refractivity contribution in [1.82, 2.24) is 24.3 Å². The van der Waals surface area contributed by atoms with Gasteiger partial charge in [-0.05, 0) is 43.2 Å². The number of rotatable bonds is 9. The molecule has 5 aromatic rings. The highest BCUT2D eigenvalue weighted by atomic mass is 35.5. The number of aromatic nitrogens is 4. The number of nitrogens with zero attached hydrogens (tertiary/aromatic N) is 6. The molecule has 4 heterocycles. The zero-order valence-electron chi connectivity index (χ0n) is 25.4. The zero-order chi connectivity index (χ0) is 31.9. The lowest BCUT2D eigenvalue weighted by atomic mass is 10.0. The van der Waals surface area contributed by atoms with Crippen molar-refractivity contribution < 1.29 is 14.3 Å². The molecule has 1 aliphatic carbocycles. The molecule has 2 N–H and O–H groups in total. The van der Waals surface area contributed by atoms with Crippen LogP contribution in [0.25, 0.3) is 27.8 Å². The summed E-state index contributed by atoms with van der Waals surface area (Å²) < 4.78 is 12.8. The standard InChI is InChI=1S/C33H32Cl2N8O3/c1-4-27(44)38-24-16-21(42-13-11-41(12-14-42)20-5-6-20)7-8-23(24)39-33-37-18-19-15-22(32-36-9-10-43(32)31(19)40-33)28-29(34)25(45-2)17-26(46-3)30(28)35/h4,7-10,15-18,20H,1,5-6,11-14H2,2-3H3,(H,38,44)(H,37,39,40). The van der Waals surface area contributed by atoms with E-state index in [0.29, 0.717) is 61.3 Å². The van der Waals surface area contributed by atoms with Gasteiger partial charge in [-0.2, -0.15) is 4.98 Å². The molecule has 0 radical (unpaired) electrons. The number of benzene rings is 2. The van der Waals surface area contributed by atoms with Gasteiger partial charge in [-0.15, -0.1) is 0 Å². The molecule has 0 atom stereocenters. The van der Waals surface area contributed by atoms with Crippen molar-refractivity contribution in [2.45, 2.75) is 18.9 Å². The molecule has 1 saturated carbocycles. The molecule has 46 heavy (non-hydrogen) atoms. The average molecular weight is 660 g/mol. The lowest BCUT2D eigenvalue weighted by Crippen LogP contribution is -2.47. The van der Waals surface area contributed by atoms with Crippen molar-refractivity contribution >= 4 is 68.8 Å². The minimum Gasteiger partial charge on any atom is -0.495 e. The number of pyridine rings is 1. The number of amides is 1. The van der Waals surface area contributed by atoms with Crippen LogP contribution >= 0.6 is 23.2 Å². The fourth-order valence-corrected chi connectivity index (χ4v) is 6.67. The Morgan fingerprint density at radius 1 is 0.978 bits per heavy atom. The summed E-state index contributed by atoms with van der Waals surface area (Å²) in [4.78, 5) is 31.4. The number of imidazole rings is 1. The molecule has 2 aliphatic rings. The maximum absolute atomic E-state index is 12.4. The minimum absolute atomic E-state index is 0.308. The number of piperazine rings is 1. The highest BCUT2D eigenvalue weighted by molar-refractivity contribution is 6.41. The molecule has 13 heteroatoms. The third kappa shape index (κ3) is 5.55. The molecule has 2 aromatic carbocycles. The summed E-state index contributed by atoms with van der Waals surface area (Å²) in [5, 5.41) is 7.63. The van der Waals surface area contributed by atoms with Gasteiger partial charge >= 0.3 is 0 Å². The highest BCUT2D eigenvalue weighted by Gasteiger charge is 2.31. The maximum atomic E-state index is 12.4. The van der Waals surface area contributed by atoms with Gasteiger partial charge in [0.1, 0.15) is 17.1 Å². The Hall–Kier alpha value is -4.58. The number of hydrogen-bond donors (Lipinski definition) is 2. The molecule has 236 valence electrons. The molecule has 1 saturated heterocycles. The van der Waals surface area contributed by atoms with E-state index in [1.165, 1.54) is 33.1 Å². The van der Waals surface area contributed by atoms with Crippen LogP contribution in [0.4, 0.5) is 23.0 Å².